The number of rotatable bonds is 30. The van der Waals surface area contributed by atoms with Crippen molar-refractivity contribution in [2.24, 2.45) is 0 Å². The van der Waals surface area contributed by atoms with Crippen molar-refractivity contribution in [2.45, 2.75) is 168 Å². The van der Waals surface area contributed by atoms with Crippen LogP contribution in [0.1, 0.15) is 168 Å². The summed E-state index contributed by atoms with van der Waals surface area (Å²) in [7, 11) is 1.66. The first-order valence-electron chi connectivity index (χ1n) is 15.9. The highest BCUT2D eigenvalue weighted by Gasteiger charge is 2.13. The van der Waals surface area contributed by atoms with E-state index in [1.807, 2.05) is 0 Å². The van der Waals surface area contributed by atoms with Crippen LogP contribution in [-0.4, -0.2) is 27.1 Å². The molecule has 36 heavy (non-hydrogen) atoms. The Bertz CT molecular complexity index is 427. The number of methoxy groups -OCH3 is 1. The van der Waals surface area contributed by atoms with E-state index in [9.17, 15) is 0 Å². The SMILES string of the molecule is CCCCCCCCCCC(OCCCCCCCCC)=C(OCCCCCCCCC)OCOC. The lowest BCUT2D eigenvalue weighted by molar-refractivity contribution is -0.0692. The van der Waals surface area contributed by atoms with Gasteiger partial charge in [0.1, 0.15) is 0 Å². The zero-order valence-electron chi connectivity index (χ0n) is 25.0. The number of hydrogen-bond acceptors (Lipinski definition) is 4. The topological polar surface area (TPSA) is 36.9 Å². The normalized spacial score (nSPS) is 12.0. The second kappa shape index (κ2) is 30.3. The fourth-order valence-electron chi connectivity index (χ4n) is 4.45. The largest absolute Gasteiger partial charge is 0.491 e. The van der Waals surface area contributed by atoms with E-state index < -0.39 is 0 Å². The van der Waals surface area contributed by atoms with E-state index in [-0.39, 0.29) is 6.79 Å². The van der Waals surface area contributed by atoms with Gasteiger partial charge in [0, 0.05) is 13.5 Å². The molecular formula is C32H64O4. The Labute approximate surface area is 226 Å². The third kappa shape index (κ3) is 24.8. The molecule has 0 unspecified atom stereocenters. The van der Waals surface area contributed by atoms with Crippen molar-refractivity contribution in [1.29, 1.82) is 0 Å². The summed E-state index contributed by atoms with van der Waals surface area (Å²) in [5.74, 6) is 1.46. The van der Waals surface area contributed by atoms with Crippen molar-refractivity contribution in [3.8, 4) is 0 Å². The van der Waals surface area contributed by atoms with Crippen LogP contribution in [0, 0.1) is 0 Å². The molecule has 0 aliphatic heterocycles. The lowest BCUT2D eigenvalue weighted by atomic mass is 10.1. The molecule has 0 rings (SSSR count). The minimum absolute atomic E-state index is 0.202. The highest BCUT2D eigenvalue weighted by Crippen LogP contribution is 2.20. The van der Waals surface area contributed by atoms with Gasteiger partial charge in [0.15, 0.2) is 12.6 Å². The average molecular weight is 513 g/mol. The third-order valence-electron chi connectivity index (χ3n) is 6.80. The zero-order chi connectivity index (χ0) is 26.4. The zero-order valence-corrected chi connectivity index (χ0v) is 25.0. The first-order chi connectivity index (χ1) is 17.8. The highest BCUT2D eigenvalue weighted by atomic mass is 16.7. The van der Waals surface area contributed by atoms with Gasteiger partial charge in [-0.05, 0) is 19.3 Å². The molecule has 4 nitrogen and oxygen atoms in total. The first kappa shape index (κ1) is 35.1. The van der Waals surface area contributed by atoms with Crippen molar-refractivity contribution in [2.75, 3.05) is 27.1 Å². The standard InChI is InChI=1S/C32H64O4/c1-5-8-11-14-17-18-21-24-27-31(34-28-25-22-19-15-12-9-6-2)32(36-30-33-4)35-29-26-23-20-16-13-10-7-3/h5-30H2,1-4H3. The second-order valence-corrected chi connectivity index (χ2v) is 10.4. The summed E-state index contributed by atoms with van der Waals surface area (Å²) in [5.41, 5.74) is 0. The molecule has 216 valence electrons. The van der Waals surface area contributed by atoms with Crippen molar-refractivity contribution >= 4 is 0 Å². The first-order valence-corrected chi connectivity index (χ1v) is 15.9. The molecule has 0 radical (unpaired) electrons. The molecule has 0 aliphatic rings. The van der Waals surface area contributed by atoms with E-state index in [4.69, 9.17) is 18.9 Å². The van der Waals surface area contributed by atoms with Gasteiger partial charge in [0.05, 0.1) is 13.2 Å². The summed E-state index contributed by atoms with van der Waals surface area (Å²) in [6.45, 7) is 8.46. The fraction of sp³-hybridized carbons (Fsp3) is 0.938. The Balaban J connectivity index is 4.60. The summed E-state index contributed by atoms with van der Waals surface area (Å²) in [5, 5.41) is 0. The van der Waals surface area contributed by atoms with E-state index in [1.54, 1.807) is 7.11 Å². The molecule has 0 bridgehead atoms. The summed E-state index contributed by atoms with van der Waals surface area (Å²) in [6.07, 6.45) is 29.3. The van der Waals surface area contributed by atoms with Crippen molar-refractivity contribution in [3.63, 3.8) is 0 Å². The summed E-state index contributed by atoms with van der Waals surface area (Å²) >= 11 is 0. The molecule has 0 aromatic rings. The number of unbranched alkanes of at least 4 members (excludes halogenated alkanes) is 19. The molecular weight excluding hydrogens is 448 g/mol. The molecule has 0 aliphatic carbocycles. The molecule has 0 spiro atoms. The average Bonchev–Trinajstić information content (AvgIpc) is 2.89. The summed E-state index contributed by atoms with van der Waals surface area (Å²) in [6, 6.07) is 0. The maximum Gasteiger partial charge on any atom is 0.321 e. The van der Waals surface area contributed by atoms with Crippen LogP contribution in [-0.2, 0) is 18.9 Å². The van der Waals surface area contributed by atoms with Gasteiger partial charge in [0.2, 0.25) is 0 Å². The molecule has 0 atom stereocenters. The number of allylic oxidation sites excluding steroid dienone is 1. The number of hydrogen-bond donors (Lipinski definition) is 0. The maximum absolute atomic E-state index is 6.29. The van der Waals surface area contributed by atoms with Crippen LogP contribution in [0.3, 0.4) is 0 Å². The molecule has 0 saturated heterocycles. The van der Waals surface area contributed by atoms with Crippen molar-refractivity contribution in [3.05, 3.63) is 11.7 Å². The van der Waals surface area contributed by atoms with Crippen molar-refractivity contribution < 1.29 is 18.9 Å². The predicted molar refractivity (Wildman–Crippen MR) is 155 cm³/mol. The van der Waals surface area contributed by atoms with Crippen LogP contribution >= 0.6 is 0 Å². The molecule has 0 aromatic carbocycles. The third-order valence-corrected chi connectivity index (χ3v) is 6.80. The van der Waals surface area contributed by atoms with Gasteiger partial charge in [0.25, 0.3) is 0 Å². The van der Waals surface area contributed by atoms with E-state index in [2.05, 4.69) is 20.8 Å². The molecule has 4 heteroatoms. The van der Waals surface area contributed by atoms with Crippen molar-refractivity contribution in [1.82, 2.24) is 0 Å². The van der Waals surface area contributed by atoms with Gasteiger partial charge >= 0.3 is 5.95 Å². The van der Waals surface area contributed by atoms with E-state index in [1.165, 1.54) is 122 Å². The van der Waals surface area contributed by atoms with E-state index >= 15 is 0 Å². The van der Waals surface area contributed by atoms with Gasteiger partial charge in [-0.15, -0.1) is 0 Å². The molecule has 0 heterocycles. The fourth-order valence-corrected chi connectivity index (χ4v) is 4.45. The van der Waals surface area contributed by atoms with Gasteiger partial charge in [-0.1, -0.05) is 143 Å². The van der Waals surface area contributed by atoms with Gasteiger partial charge in [-0.3, -0.25) is 0 Å². The maximum atomic E-state index is 6.29. The molecule has 0 N–H and O–H groups in total. The van der Waals surface area contributed by atoms with Crippen LogP contribution in [0.25, 0.3) is 0 Å². The highest BCUT2D eigenvalue weighted by molar-refractivity contribution is 4.95. The predicted octanol–water partition coefficient (Wildman–Crippen LogP) is 10.8. The van der Waals surface area contributed by atoms with Crippen LogP contribution in [0.2, 0.25) is 0 Å². The molecule has 0 saturated carbocycles. The quantitative estimate of drug-likeness (QED) is 0.0544. The Hall–Kier alpha value is -0.900. The van der Waals surface area contributed by atoms with Crippen LogP contribution in [0.4, 0.5) is 0 Å². The Kier molecular flexibility index (Phi) is 29.6. The van der Waals surface area contributed by atoms with E-state index in [0.29, 0.717) is 12.6 Å². The lowest BCUT2D eigenvalue weighted by Crippen LogP contribution is -2.09. The lowest BCUT2D eigenvalue weighted by Gasteiger charge is -2.17. The summed E-state index contributed by atoms with van der Waals surface area (Å²) in [4.78, 5) is 0. The molecule has 0 amide bonds. The Morgan fingerprint density at radius 1 is 0.417 bits per heavy atom. The minimum Gasteiger partial charge on any atom is -0.491 e. The molecule has 0 fully saturated rings. The van der Waals surface area contributed by atoms with Gasteiger partial charge < -0.3 is 18.9 Å². The van der Waals surface area contributed by atoms with Crippen LogP contribution in [0.5, 0.6) is 0 Å². The monoisotopic (exact) mass is 512 g/mol. The summed E-state index contributed by atoms with van der Waals surface area (Å²) < 4.78 is 23.5. The van der Waals surface area contributed by atoms with Crippen LogP contribution < -0.4 is 0 Å². The van der Waals surface area contributed by atoms with Gasteiger partial charge in [-0.2, -0.15) is 0 Å². The number of ether oxygens (including phenoxy) is 4. The second-order valence-electron chi connectivity index (χ2n) is 10.4. The molecule has 0 aromatic heterocycles. The Morgan fingerprint density at radius 2 is 0.806 bits per heavy atom. The Morgan fingerprint density at radius 3 is 1.25 bits per heavy atom. The van der Waals surface area contributed by atoms with Crippen LogP contribution in [0.15, 0.2) is 11.7 Å². The van der Waals surface area contributed by atoms with E-state index in [0.717, 1.165) is 38.0 Å². The van der Waals surface area contributed by atoms with Gasteiger partial charge in [-0.25, -0.2) is 0 Å². The minimum atomic E-state index is 0.202. The smallest absolute Gasteiger partial charge is 0.321 e.